The smallest absolute Gasteiger partial charge is 0.194 e. The zero-order chi connectivity index (χ0) is 18.8. The van der Waals surface area contributed by atoms with E-state index >= 15 is 0 Å². The van der Waals surface area contributed by atoms with Gasteiger partial charge in [-0.25, -0.2) is 0 Å². The predicted molar refractivity (Wildman–Crippen MR) is 125 cm³/mol. The number of morpholine rings is 1. The molecule has 5 rings (SSSR count). The molecule has 4 fully saturated rings. The summed E-state index contributed by atoms with van der Waals surface area (Å²) < 4.78 is 11.0. The van der Waals surface area contributed by atoms with Gasteiger partial charge in [0.2, 0.25) is 0 Å². The molecule has 2 bridgehead atoms. The molecular formula is C22H35IN4O2. The van der Waals surface area contributed by atoms with E-state index in [0.717, 1.165) is 75.9 Å². The molecule has 3 heterocycles. The van der Waals surface area contributed by atoms with E-state index in [1.165, 1.54) is 32.1 Å². The van der Waals surface area contributed by atoms with Crippen LogP contribution in [0.1, 0.15) is 37.9 Å². The predicted octanol–water partition coefficient (Wildman–Crippen LogP) is 2.98. The zero-order valence-electron chi connectivity index (χ0n) is 17.3. The molecule has 0 amide bonds. The summed E-state index contributed by atoms with van der Waals surface area (Å²) in [6.45, 7) is 6.89. The van der Waals surface area contributed by atoms with Crippen LogP contribution in [-0.2, 0) is 11.2 Å². The monoisotopic (exact) mass is 514 g/mol. The number of nitrogens with zero attached hydrogens (tertiary/aromatic N) is 3. The average Bonchev–Trinajstić information content (AvgIpc) is 3.53. The highest BCUT2D eigenvalue weighted by Crippen LogP contribution is 2.44. The summed E-state index contributed by atoms with van der Waals surface area (Å²) in [4.78, 5) is 10.2. The van der Waals surface area contributed by atoms with E-state index in [1.807, 2.05) is 12.1 Å². The van der Waals surface area contributed by atoms with E-state index in [9.17, 15) is 0 Å². The minimum Gasteiger partial charge on any atom is -0.469 e. The van der Waals surface area contributed by atoms with E-state index < -0.39 is 0 Å². The molecule has 162 valence electrons. The van der Waals surface area contributed by atoms with Gasteiger partial charge in [-0.05, 0) is 49.7 Å². The van der Waals surface area contributed by atoms with E-state index in [-0.39, 0.29) is 24.0 Å². The van der Waals surface area contributed by atoms with E-state index in [4.69, 9.17) is 14.1 Å². The largest absolute Gasteiger partial charge is 0.469 e. The molecule has 0 aromatic carbocycles. The van der Waals surface area contributed by atoms with Crippen LogP contribution in [0.3, 0.4) is 0 Å². The van der Waals surface area contributed by atoms with Crippen LogP contribution >= 0.6 is 24.0 Å². The number of nitrogens with one attached hydrogen (secondary N) is 1. The average molecular weight is 514 g/mol. The maximum Gasteiger partial charge on any atom is 0.194 e. The Morgan fingerprint density at radius 2 is 2.03 bits per heavy atom. The molecule has 2 aliphatic carbocycles. The summed E-state index contributed by atoms with van der Waals surface area (Å²) in [5.41, 5.74) is 0. The van der Waals surface area contributed by atoms with Crippen LogP contribution < -0.4 is 5.32 Å². The van der Waals surface area contributed by atoms with Crippen molar-refractivity contribution in [2.45, 2.75) is 50.6 Å². The molecule has 0 radical (unpaired) electrons. The van der Waals surface area contributed by atoms with Crippen LogP contribution in [0.15, 0.2) is 27.8 Å². The van der Waals surface area contributed by atoms with Gasteiger partial charge in [0.05, 0.1) is 19.5 Å². The molecular weight excluding hydrogens is 479 g/mol. The number of likely N-dealkylation sites (tertiary alicyclic amines) is 1. The van der Waals surface area contributed by atoms with E-state index in [0.29, 0.717) is 12.1 Å². The summed E-state index contributed by atoms with van der Waals surface area (Å²) in [5, 5.41) is 3.90. The maximum atomic E-state index is 5.54. The summed E-state index contributed by atoms with van der Waals surface area (Å²) in [6, 6.07) is 5.27. The Morgan fingerprint density at radius 1 is 1.14 bits per heavy atom. The molecule has 1 N–H and O–H groups in total. The van der Waals surface area contributed by atoms with Crippen molar-refractivity contribution in [1.29, 1.82) is 0 Å². The van der Waals surface area contributed by atoms with Crippen molar-refractivity contribution in [3.63, 3.8) is 0 Å². The van der Waals surface area contributed by atoms with Crippen molar-refractivity contribution in [3.05, 3.63) is 24.2 Å². The molecule has 4 unspecified atom stereocenters. The van der Waals surface area contributed by atoms with Gasteiger partial charge < -0.3 is 19.4 Å². The van der Waals surface area contributed by atoms with E-state index in [1.54, 1.807) is 6.26 Å². The lowest BCUT2D eigenvalue weighted by atomic mass is 9.95. The van der Waals surface area contributed by atoms with Crippen molar-refractivity contribution in [2.24, 2.45) is 16.8 Å². The second kappa shape index (κ2) is 10.0. The van der Waals surface area contributed by atoms with Crippen LogP contribution in [-0.4, -0.2) is 73.8 Å². The molecule has 7 heteroatoms. The molecule has 29 heavy (non-hydrogen) atoms. The first-order valence-electron chi connectivity index (χ1n) is 11.3. The molecule has 6 nitrogen and oxygen atoms in total. The number of ether oxygens (including phenoxy) is 1. The van der Waals surface area contributed by atoms with E-state index in [2.05, 4.69) is 15.1 Å². The number of fused-ring (bicyclic) bond motifs is 2. The van der Waals surface area contributed by atoms with Gasteiger partial charge in [0.1, 0.15) is 5.76 Å². The zero-order valence-corrected chi connectivity index (χ0v) is 19.6. The highest BCUT2D eigenvalue weighted by Gasteiger charge is 2.41. The Balaban J connectivity index is 0.00000205. The molecule has 2 saturated carbocycles. The highest BCUT2D eigenvalue weighted by molar-refractivity contribution is 14.0. The van der Waals surface area contributed by atoms with Crippen molar-refractivity contribution < 1.29 is 9.15 Å². The highest BCUT2D eigenvalue weighted by atomic mass is 127. The summed E-state index contributed by atoms with van der Waals surface area (Å²) in [5.74, 6) is 3.97. The van der Waals surface area contributed by atoms with Gasteiger partial charge in [0.15, 0.2) is 5.96 Å². The van der Waals surface area contributed by atoms with Gasteiger partial charge in [0.25, 0.3) is 0 Å². The Hall–Kier alpha value is -0.800. The Bertz CT molecular complexity index is 662. The first-order chi connectivity index (χ1) is 13.8. The molecule has 1 aromatic rings. The van der Waals surface area contributed by atoms with Crippen molar-refractivity contribution >= 4 is 29.9 Å². The van der Waals surface area contributed by atoms with Crippen molar-refractivity contribution in [3.8, 4) is 0 Å². The number of hydrogen-bond acceptors (Lipinski definition) is 4. The number of aliphatic imine (C=N–C) groups is 1. The minimum atomic E-state index is 0. The number of furan rings is 1. The molecule has 1 aromatic heterocycles. The molecule has 2 saturated heterocycles. The van der Waals surface area contributed by atoms with Gasteiger partial charge >= 0.3 is 0 Å². The minimum absolute atomic E-state index is 0. The van der Waals surface area contributed by atoms with Gasteiger partial charge in [-0.3, -0.25) is 9.89 Å². The number of hydrogen-bond donors (Lipinski definition) is 1. The lowest BCUT2D eigenvalue weighted by Crippen LogP contribution is -2.49. The van der Waals surface area contributed by atoms with Crippen LogP contribution in [0.5, 0.6) is 0 Å². The third-order valence-electron chi connectivity index (χ3n) is 7.28. The fourth-order valence-electron chi connectivity index (χ4n) is 5.73. The molecule has 4 aliphatic rings. The Labute approximate surface area is 191 Å². The normalized spacial score (nSPS) is 32.6. The molecule has 2 aliphatic heterocycles. The Morgan fingerprint density at radius 3 is 2.76 bits per heavy atom. The first kappa shape index (κ1) is 21.4. The molecule has 4 atom stereocenters. The van der Waals surface area contributed by atoms with Crippen molar-refractivity contribution in [1.82, 2.24) is 15.1 Å². The maximum absolute atomic E-state index is 5.54. The van der Waals surface area contributed by atoms with Crippen LogP contribution in [0, 0.1) is 11.8 Å². The Kier molecular flexibility index (Phi) is 7.39. The van der Waals surface area contributed by atoms with Crippen molar-refractivity contribution in [2.75, 3.05) is 45.9 Å². The summed E-state index contributed by atoms with van der Waals surface area (Å²) >= 11 is 0. The summed E-state index contributed by atoms with van der Waals surface area (Å²) in [6.07, 6.45) is 9.46. The first-order valence-corrected chi connectivity index (χ1v) is 11.3. The third-order valence-corrected chi connectivity index (χ3v) is 7.28. The number of guanidine groups is 1. The quantitative estimate of drug-likeness (QED) is 0.372. The van der Waals surface area contributed by atoms with Crippen LogP contribution in [0.2, 0.25) is 0 Å². The molecule has 0 spiro atoms. The van der Waals surface area contributed by atoms with Gasteiger partial charge in [-0.2, -0.15) is 0 Å². The SMILES string of the molecule is I.c1coc(CCN=C(NC2CC3CCC2C3)N2CCC(N3CCOCC3)C2)c1. The lowest BCUT2D eigenvalue weighted by Gasteiger charge is -2.33. The van der Waals surface area contributed by atoms with Gasteiger partial charge in [0, 0.05) is 51.2 Å². The van der Waals surface area contributed by atoms with Gasteiger partial charge in [-0.1, -0.05) is 6.42 Å². The second-order valence-electron chi connectivity index (χ2n) is 9.00. The lowest BCUT2D eigenvalue weighted by molar-refractivity contribution is 0.0194. The fourth-order valence-corrected chi connectivity index (χ4v) is 5.73. The summed E-state index contributed by atoms with van der Waals surface area (Å²) in [7, 11) is 0. The number of halogens is 1. The van der Waals surface area contributed by atoms with Gasteiger partial charge in [-0.15, -0.1) is 24.0 Å². The topological polar surface area (TPSA) is 53.2 Å². The second-order valence-corrected chi connectivity index (χ2v) is 9.00. The standard InChI is InChI=1S/C22H34N4O2.HI/c1-2-20(28-11-1)5-7-23-22(24-21-15-17-3-4-18(21)14-17)26-8-6-19(16-26)25-9-12-27-13-10-25;/h1-2,11,17-19,21H,3-10,12-16H2,(H,23,24);1H. The van der Waals surface area contributed by atoms with Crippen LogP contribution in [0.25, 0.3) is 0 Å². The van der Waals surface area contributed by atoms with Crippen LogP contribution in [0.4, 0.5) is 0 Å². The number of rotatable bonds is 5. The third kappa shape index (κ3) is 5.10. The fraction of sp³-hybridized carbons (Fsp3) is 0.773.